The second-order valence-electron chi connectivity index (χ2n) is 6.35. The van der Waals surface area contributed by atoms with Gasteiger partial charge in [0.15, 0.2) is 5.65 Å². The molecule has 10 heteroatoms. The molecule has 1 N–H and O–H groups in total. The van der Waals surface area contributed by atoms with Crippen molar-refractivity contribution in [2.45, 2.75) is 26.1 Å². The number of rotatable bonds is 5. The zero-order valence-electron chi connectivity index (χ0n) is 14.1. The van der Waals surface area contributed by atoms with Crippen molar-refractivity contribution >= 4 is 11.5 Å². The van der Waals surface area contributed by atoms with Gasteiger partial charge >= 0.3 is 6.18 Å². The Morgan fingerprint density at radius 1 is 1.20 bits per heavy atom. The zero-order valence-corrected chi connectivity index (χ0v) is 14.1. The van der Waals surface area contributed by atoms with Gasteiger partial charge in [-0.15, -0.1) is 15.3 Å². The van der Waals surface area contributed by atoms with Crippen molar-refractivity contribution in [2.75, 3.05) is 38.2 Å². The molecule has 0 radical (unpaired) electrons. The van der Waals surface area contributed by atoms with E-state index in [9.17, 15) is 13.2 Å². The lowest BCUT2D eigenvalue weighted by Crippen LogP contribution is -2.49. The summed E-state index contributed by atoms with van der Waals surface area (Å²) in [5.74, 6) is -0.383. The fourth-order valence-corrected chi connectivity index (χ4v) is 2.96. The summed E-state index contributed by atoms with van der Waals surface area (Å²) >= 11 is 0. The van der Waals surface area contributed by atoms with Crippen molar-refractivity contribution in [3.05, 3.63) is 18.0 Å². The highest BCUT2D eigenvalue weighted by Gasteiger charge is 2.37. The van der Waals surface area contributed by atoms with Crippen LogP contribution in [0.2, 0.25) is 0 Å². The summed E-state index contributed by atoms with van der Waals surface area (Å²) in [7, 11) is 0. The highest BCUT2D eigenvalue weighted by molar-refractivity contribution is 5.44. The summed E-state index contributed by atoms with van der Waals surface area (Å²) < 4.78 is 44.9. The van der Waals surface area contributed by atoms with Crippen LogP contribution in [-0.4, -0.2) is 63.6 Å². The van der Waals surface area contributed by atoms with E-state index in [-0.39, 0.29) is 11.7 Å². The molecule has 7 nitrogen and oxygen atoms in total. The van der Waals surface area contributed by atoms with Crippen LogP contribution >= 0.6 is 0 Å². The van der Waals surface area contributed by atoms with Gasteiger partial charge in [0.2, 0.25) is 0 Å². The highest BCUT2D eigenvalue weighted by atomic mass is 19.4. The topological polar surface area (TPSA) is 67.6 Å². The smallest absolute Gasteiger partial charge is 0.379 e. The van der Waals surface area contributed by atoms with E-state index >= 15 is 0 Å². The van der Waals surface area contributed by atoms with Crippen LogP contribution in [0.1, 0.15) is 19.7 Å². The highest BCUT2D eigenvalue weighted by Crippen LogP contribution is 2.27. The number of halogens is 3. The number of morpholine rings is 1. The zero-order chi connectivity index (χ0) is 18.0. The molecule has 3 heterocycles. The predicted molar refractivity (Wildman–Crippen MR) is 85.3 cm³/mol. The maximum Gasteiger partial charge on any atom is 0.453 e. The van der Waals surface area contributed by atoms with E-state index in [1.54, 1.807) is 6.07 Å². The van der Waals surface area contributed by atoms with Gasteiger partial charge in [0, 0.05) is 25.7 Å². The van der Waals surface area contributed by atoms with Gasteiger partial charge in [-0.2, -0.15) is 17.7 Å². The van der Waals surface area contributed by atoms with Gasteiger partial charge in [0.05, 0.1) is 13.2 Å². The van der Waals surface area contributed by atoms with Crippen LogP contribution in [0.3, 0.4) is 0 Å². The molecule has 0 unspecified atom stereocenters. The fourth-order valence-electron chi connectivity index (χ4n) is 2.96. The van der Waals surface area contributed by atoms with E-state index in [1.807, 2.05) is 0 Å². The minimum Gasteiger partial charge on any atom is -0.379 e. The van der Waals surface area contributed by atoms with Gasteiger partial charge in [-0.05, 0) is 18.1 Å². The molecule has 1 atom stereocenters. The number of nitrogens with zero attached hydrogens (tertiary/aromatic N) is 5. The first kappa shape index (κ1) is 17.9. The van der Waals surface area contributed by atoms with Crippen LogP contribution < -0.4 is 5.32 Å². The van der Waals surface area contributed by atoms with Crippen molar-refractivity contribution in [1.29, 1.82) is 0 Å². The van der Waals surface area contributed by atoms with Crippen molar-refractivity contribution in [3.8, 4) is 0 Å². The van der Waals surface area contributed by atoms with Crippen LogP contribution in [0.25, 0.3) is 5.65 Å². The van der Waals surface area contributed by atoms with E-state index in [1.165, 1.54) is 6.07 Å². The van der Waals surface area contributed by atoms with E-state index in [2.05, 4.69) is 39.4 Å². The molecule has 0 amide bonds. The molecular formula is C15H21F3N6O. The lowest BCUT2D eigenvalue weighted by molar-refractivity contribution is -0.146. The Hall–Kier alpha value is -1.94. The largest absolute Gasteiger partial charge is 0.453 e. The Morgan fingerprint density at radius 2 is 1.92 bits per heavy atom. The molecule has 1 aliphatic heterocycles. The van der Waals surface area contributed by atoms with Crippen molar-refractivity contribution in [1.82, 2.24) is 24.7 Å². The average Bonchev–Trinajstić information content (AvgIpc) is 2.99. The summed E-state index contributed by atoms with van der Waals surface area (Å²) in [6, 6.07) is 3.32. The van der Waals surface area contributed by atoms with Crippen molar-refractivity contribution < 1.29 is 17.9 Å². The first-order valence-corrected chi connectivity index (χ1v) is 8.21. The lowest BCUT2D eigenvalue weighted by Gasteiger charge is -2.37. The summed E-state index contributed by atoms with van der Waals surface area (Å²) in [6.07, 6.45) is -4.60. The molecule has 2 aromatic rings. The van der Waals surface area contributed by atoms with E-state index < -0.39 is 12.0 Å². The average molecular weight is 358 g/mol. The maximum absolute atomic E-state index is 12.9. The predicted octanol–water partition coefficient (Wildman–Crippen LogP) is 1.91. The van der Waals surface area contributed by atoms with E-state index in [0.717, 1.165) is 17.6 Å². The molecule has 2 aromatic heterocycles. The third-order valence-electron chi connectivity index (χ3n) is 4.29. The first-order valence-electron chi connectivity index (χ1n) is 8.21. The third kappa shape index (κ3) is 4.01. The lowest BCUT2D eigenvalue weighted by atomic mass is 10.0. The monoisotopic (exact) mass is 358 g/mol. The van der Waals surface area contributed by atoms with Gasteiger partial charge in [-0.3, -0.25) is 4.90 Å². The fraction of sp³-hybridized carbons (Fsp3) is 0.667. The second kappa shape index (κ2) is 7.12. The number of ether oxygens (including phenoxy) is 1. The molecule has 1 fully saturated rings. The van der Waals surface area contributed by atoms with E-state index in [4.69, 9.17) is 4.74 Å². The Labute approximate surface area is 143 Å². The Balaban J connectivity index is 1.75. The van der Waals surface area contributed by atoms with Crippen LogP contribution in [-0.2, 0) is 10.9 Å². The summed E-state index contributed by atoms with van der Waals surface area (Å²) in [4.78, 5) is 2.33. The van der Waals surface area contributed by atoms with Crippen LogP contribution in [0, 0.1) is 5.92 Å². The van der Waals surface area contributed by atoms with Crippen LogP contribution in [0.4, 0.5) is 19.0 Å². The standard InChI is InChI=1S/C15H21F3N6O/c1-10(2)11(23-5-7-25-8-6-23)9-19-12-3-4-13-20-21-14(15(16,17)18)24(13)22-12/h3-4,10-11H,5-9H2,1-2H3,(H,19,22)/t11-/m0/s1. The normalized spacial score (nSPS) is 18.0. The summed E-state index contributed by atoms with van der Waals surface area (Å²) in [5, 5.41) is 13.8. The van der Waals surface area contributed by atoms with Crippen molar-refractivity contribution in [2.24, 2.45) is 5.92 Å². The molecule has 0 spiro atoms. The Bertz CT molecular complexity index is 711. The molecular weight excluding hydrogens is 337 g/mol. The molecule has 3 rings (SSSR count). The Morgan fingerprint density at radius 3 is 2.56 bits per heavy atom. The van der Waals surface area contributed by atoms with Gasteiger partial charge < -0.3 is 10.1 Å². The number of aromatic nitrogens is 4. The number of anilines is 1. The SMILES string of the molecule is CC(C)[C@H](CNc1ccc2nnc(C(F)(F)F)n2n1)N1CCOCC1. The van der Waals surface area contributed by atoms with Gasteiger partial charge in [-0.25, -0.2) is 0 Å². The quantitative estimate of drug-likeness (QED) is 0.881. The number of alkyl halides is 3. The van der Waals surface area contributed by atoms with Gasteiger partial charge in [-0.1, -0.05) is 13.8 Å². The molecule has 0 aliphatic carbocycles. The number of hydrogen-bond donors (Lipinski definition) is 1. The number of hydrogen-bond acceptors (Lipinski definition) is 6. The van der Waals surface area contributed by atoms with Crippen LogP contribution in [0.5, 0.6) is 0 Å². The minimum atomic E-state index is -4.60. The number of nitrogens with one attached hydrogen (secondary N) is 1. The first-order chi connectivity index (χ1) is 11.9. The van der Waals surface area contributed by atoms with Gasteiger partial charge in [0.25, 0.3) is 5.82 Å². The molecule has 1 saturated heterocycles. The summed E-state index contributed by atoms with van der Waals surface area (Å²) in [5.41, 5.74) is 0.0615. The third-order valence-corrected chi connectivity index (χ3v) is 4.29. The van der Waals surface area contributed by atoms with Crippen molar-refractivity contribution in [3.63, 3.8) is 0 Å². The second-order valence-corrected chi connectivity index (χ2v) is 6.35. The maximum atomic E-state index is 12.9. The van der Waals surface area contributed by atoms with Crippen LogP contribution in [0.15, 0.2) is 12.1 Å². The Kier molecular flexibility index (Phi) is 5.09. The molecule has 25 heavy (non-hydrogen) atoms. The molecule has 0 saturated carbocycles. The summed E-state index contributed by atoms with van der Waals surface area (Å²) in [6.45, 7) is 7.92. The van der Waals surface area contributed by atoms with E-state index in [0.29, 0.717) is 31.5 Å². The minimum absolute atomic E-state index is 0.0615. The molecule has 1 aliphatic rings. The molecule has 0 aromatic carbocycles. The molecule has 138 valence electrons. The number of fused-ring (bicyclic) bond motifs is 1. The van der Waals surface area contributed by atoms with Gasteiger partial charge in [0.1, 0.15) is 5.82 Å². The molecule has 0 bridgehead atoms.